The molecular formula is C20H15N3OS2Se. The number of anilines is 3. The number of thiocarbonyl (C=S) groups is 1. The minimum atomic E-state index is -0.0280. The molecule has 0 atom stereocenters. The Labute approximate surface area is 173 Å². The molecule has 0 radical (unpaired) electrons. The number of benzene rings is 1. The molecule has 3 aromatic rings. The van der Waals surface area contributed by atoms with Crippen molar-refractivity contribution in [1.82, 2.24) is 9.88 Å². The fourth-order valence-electron chi connectivity index (χ4n) is 2.65. The van der Waals surface area contributed by atoms with Gasteiger partial charge in [0.2, 0.25) is 0 Å². The van der Waals surface area contributed by atoms with Gasteiger partial charge >= 0.3 is 174 Å². The molecule has 2 aromatic heterocycles. The molecule has 1 aromatic carbocycles. The first kappa shape index (κ1) is 18.2. The van der Waals surface area contributed by atoms with Gasteiger partial charge in [0, 0.05) is 0 Å². The average Bonchev–Trinajstić information content (AvgIpc) is 3.24. The standard InChI is InChI=1S/C20H15N3OS2Se/c1-22-19(24)16(26-20(22)25)13-15-10-11-18(27-15)23(14-7-3-2-4-8-14)17-9-5-6-12-21-17/h2-13H,1H3/b16-13+. The zero-order chi connectivity index (χ0) is 18.8. The van der Waals surface area contributed by atoms with Crippen LogP contribution in [0.1, 0.15) is 4.44 Å². The summed E-state index contributed by atoms with van der Waals surface area (Å²) in [5.41, 5.74) is 1.07. The van der Waals surface area contributed by atoms with Gasteiger partial charge in [-0.25, -0.2) is 0 Å². The number of para-hydroxylation sites is 1. The van der Waals surface area contributed by atoms with Crippen molar-refractivity contribution in [3.8, 4) is 0 Å². The second-order valence-corrected chi connectivity index (χ2v) is 9.75. The van der Waals surface area contributed by atoms with Gasteiger partial charge in [-0.05, 0) is 0 Å². The van der Waals surface area contributed by atoms with E-state index in [1.165, 1.54) is 21.2 Å². The normalized spacial score (nSPS) is 15.6. The molecule has 134 valence electrons. The van der Waals surface area contributed by atoms with Gasteiger partial charge in [0.1, 0.15) is 0 Å². The van der Waals surface area contributed by atoms with E-state index in [9.17, 15) is 4.79 Å². The first-order valence-corrected chi connectivity index (χ1v) is 11.1. The first-order valence-electron chi connectivity index (χ1n) is 8.21. The number of carbonyl (C=O) groups excluding carboxylic acids is 1. The van der Waals surface area contributed by atoms with Gasteiger partial charge in [0.05, 0.1) is 0 Å². The SMILES string of the molecule is CN1C(=O)/C(=C\c2ccc(N(c3ccccc3)c3ccccn3)[se]2)SC1=S. The van der Waals surface area contributed by atoms with E-state index in [1.807, 2.05) is 42.5 Å². The summed E-state index contributed by atoms with van der Waals surface area (Å²) < 4.78 is 2.92. The number of carbonyl (C=O) groups is 1. The number of thioether (sulfide) groups is 1. The van der Waals surface area contributed by atoms with E-state index in [4.69, 9.17) is 12.2 Å². The molecule has 1 fully saturated rings. The number of pyridine rings is 1. The molecule has 0 bridgehead atoms. The monoisotopic (exact) mass is 457 g/mol. The number of hydrogen-bond acceptors (Lipinski definition) is 5. The van der Waals surface area contributed by atoms with E-state index < -0.39 is 0 Å². The molecule has 1 aliphatic rings. The molecule has 3 heterocycles. The van der Waals surface area contributed by atoms with Crippen LogP contribution >= 0.6 is 24.0 Å². The maximum atomic E-state index is 12.3. The molecule has 4 nitrogen and oxygen atoms in total. The van der Waals surface area contributed by atoms with Gasteiger partial charge in [-0.2, -0.15) is 0 Å². The van der Waals surface area contributed by atoms with Crippen molar-refractivity contribution in [1.29, 1.82) is 0 Å². The number of aromatic nitrogens is 1. The fourth-order valence-corrected chi connectivity index (χ4v) is 6.05. The third-order valence-electron chi connectivity index (χ3n) is 3.99. The number of likely N-dealkylation sites (N-methyl/N-ethyl adjacent to an activating group) is 1. The van der Waals surface area contributed by atoms with Crippen LogP contribution in [0.5, 0.6) is 0 Å². The maximum absolute atomic E-state index is 12.3. The summed E-state index contributed by atoms with van der Waals surface area (Å²) in [6.45, 7) is 0. The molecule has 27 heavy (non-hydrogen) atoms. The van der Waals surface area contributed by atoms with E-state index in [-0.39, 0.29) is 20.4 Å². The van der Waals surface area contributed by atoms with Crippen molar-refractivity contribution in [3.63, 3.8) is 0 Å². The Hall–Kier alpha value is -2.18. The molecule has 0 aliphatic carbocycles. The number of rotatable bonds is 4. The van der Waals surface area contributed by atoms with E-state index in [0.717, 1.165) is 15.9 Å². The van der Waals surface area contributed by atoms with Crippen molar-refractivity contribution in [3.05, 3.63) is 76.2 Å². The molecule has 0 N–H and O–H groups in total. The third-order valence-corrected chi connectivity index (χ3v) is 7.61. The molecule has 0 unspecified atom stereocenters. The molecule has 0 saturated carbocycles. The second-order valence-electron chi connectivity index (χ2n) is 5.78. The van der Waals surface area contributed by atoms with E-state index in [1.54, 1.807) is 13.2 Å². The predicted octanol–water partition coefficient (Wildman–Crippen LogP) is 4.44. The molecule has 4 rings (SSSR count). The summed E-state index contributed by atoms with van der Waals surface area (Å²) in [5, 5.41) is 0. The summed E-state index contributed by atoms with van der Waals surface area (Å²) in [4.78, 5) is 21.2. The van der Waals surface area contributed by atoms with E-state index in [2.05, 4.69) is 34.1 Å². The Kier molecular flexibility index (Phi) is 5.27. The summed E-state index contributed by atoms with van der Waals surface area (Å²) in [6.07, 6.45) is 3.77. The van der Waals surface area contributed by atoms with Gasteiger partial charge in [0.15, 0.2) is 0 Å². The van der Waals surface area contributed by atoms with Gasteiger partial charge in [-0.3, -0.25) is 0 Å². The number of hydrogen-bond donors (Lipinski definition) is 0. The van der Waals surface area contributed by atoms with Crippen LogP contribution < -0.4 is 4.90 Å². The van der Waals surface area contributed by atoms with Gasteiger partial charge in [-0.15, -0.1) is 0 Å². The van der Waals surface area contributed by atoms with Gasteiger partial charge in [0.25, 0.3) is 0 Å². The van der Waals surface area contributed by atoms with Crippen molar-refractivity contribution in [2.45, 2.75) is 0 Å². The zero-order valence-electron chi connectivity index (χ0n) is 14.4. The molecule has 0 spiro atoms. The Morgan fingerprint density at radius 1 is 1.11 bits per heavy atom. The fraction of sp³-hybridized carbons (Fsp3) is 0.0500. The number of nitrogens with zero attached hydrogens (tertiary/aromatic N) is 3. The van der Waals surface area contributed by atoms with Crippen molar-refractivity contribution < 1.29 is 4.79 Å². The quantitative estimate of drug-likeness (QED) is 0.330. The van der Waals surface area contributed by atoms with Gasteiger partial charge in [-0.1, -0.05) is 0 Å². The van der Waals surface area contributed by atoms with Crippen LogP contribution in [0.2, 0.25) is 0 Å². The van der Waals surface area contributed by atoms with Crippen molar-refractivity contribution >= 4 is 70.9 Å². The van der Waals surface area contributed by atoms with Gasteiger partial charge < -0.3 is 0 Å². The van der Waals surface area contributed by atoms with Crippen LogP contribution in [0.3, 0.4) is 0 Å². The van der Waals surface area contributed by atoms with Crippen LogP contribution in [-0.4, -0.2) is 41.7 Å². The Morgan fingerprint density at radius 2 is 1.89 bits per heavy atom. The van der Waals surface area contributed by atoms with Crippen molar-refractivity contribution in [2.75, 3.05) is 11.9 Å². The van der Waals surface area contributed by atoms with E-state index in [0.29, 0.717) is 9.23 Å². The zero-order valence-corrected chi connectivity index (χ0v) is 17.7. The third kappa shape index (κ3) is 3.77. The minimum absolute atomic E-state index is 0.0280. The second kappa shape index (κ2) is 7.82. The Bertz CT molecular complexity index is 978. The van der Waals surface area contributed by atoms with Crippen LogP contribution in [0.25, 0.3) is 6.08 Å². The molecule has 1 aliphatic heterocycles. The Morgan fingerprint density at radius 3 is 2.56 bits per heavy atom. The predicted molar refractivity (Wildman–Crippen MR) is 117 cm³/mol. The molecule has 1 saturated heterocycles. The van der Waals surface area contributed by atoms with Crippen molar-refractivity contribution in [2.24, 2.45) is 0 Å². The van der Waals surface area contributed by atoms with Crippen LogP contribution in [-0.2, 0) is 4.79 Å². The molecule has 1 amide bonds. The molecule has 7 heteroatoms. The Balaban J connectivity index is 1.71. The van der Waals surface area contributed by atoms with E-state index >= 15 is 0 Å². The summed E-state index contributed by atoms with van der Waals surface area (Å²) in [7, 11) is 1.72. The number of amides is 1. The topological polar surface area (TPSA) is 36.4 Å². The average molecular weight is 456 g/mol. The molecular weight excluding hydrogens is 441 g/mol. The summed E-state index contributed by atoms with van der Waals surface area (Å²) in [6, 6.07) is 20.3. The summed E-state index contributed by atoms with van der Waals surface area (Å²) in [5.74, 6) is 0.853. The van der Waals surface area contributed by atoms with Crippen LogP contribution in [0, 0.1) is 0 Å². The van der Waals surface area contributed by atoms with Crippen LogP contribution in [0.15, 0.2) is 71.8 Å². The van der Waals surface area contributed by atoms with Crippen LogP contribution in [0.4, 0.5) is 16.1 Å². The summed E-state index contributed by atoms with van der Waals surface area (Å²) >= 11 is 6.63. The first-order chi connectivity index (χ1) is 13.1.